The third-order valence-corrected chi connectivity index (χ3v) is 5.41. The predicted molar refractivity (Wildman–Crippen MR) is 87.8 cm³/mol. The van der Waals surface area contributed by atoms with Gasteiger partial charge >= 0.3 is 0 Å². The first-order valence-corrected chi connectivity index (χ1v) is 8.50. The van der Waals surface area contributed by atoms with Gasteiger partial charge in [-0.2, -0.15) is 5.10 Å². The molecular weight excluding hydrogens is 320 g/mol. The van der Waals surface area contributed by atoms with Gasteiger partial charge in [-0.3, -0.25) is 14.5 Å². The summed E-state index contributed by atoms with van der Waals surface area (Å²) in [6.45, 7) is 2.57. The van der Waals surface area contributed by atoms with Crippen LogP contribution in [0.5, 0.6) is 0 Å². The number of aryl methyl sites for hydroxylation is 2. The number of rotatable bonds is 4. The van der Waals surface area contributed by atoms with Crippen molar-refractivity contribution in [2.24, 2.45) is 7.05 Å². The largest absolute Gasteiger partial charge is 0.325 e. The van der Waals surface area contributed by atoms with E-state index in [0.717, 1.165) is 23.4 Å². The molecule has 1 aliphatic heterocycles. The van der Waals surface area contributed by atoms with Crippen LogP contribution in [0.15, 0.2) is 24.4 Å². The lowest BCUT2D eigenvalue weighted by Crippen LogP contribution is -2.30. The Kier molecular flexibility index (Phi) is 4.40. The molecule has 0 N–H and O–H groups in total. The van der Waals surface area contributed by atoms with Crippen molar-refractivity contribution in [2.75, 3.05) is 12.3 Å². The molecule has 116 valence electrons. The second-order valence-corrected chi connectivity index (χ2v) is 6.66. The van der Waals surface area contributed by atoms with Crippen LogP contribution in [0.4, 0.5) is 0 Å². The summed E-state index contributed by atoms with van der Waals surface area (Å²) in [5, 5.41) is 4.90. The van der Waals surface area contributed by atoms with Gasteiger partial charge in [0.1, 0.15) is 10.5 Å². The zero-order chi connectivity index (χ0) is 15.7. The lowest BCUT2D eigenvalue weighted by atomic mass is 10.2. The summed E-state index contributed by atoms with van der Waals surface area (Å²) in [4.78, 5) is 18.4. The van der Waals surface area contributed by atoms with Gasteiger partial charge < -0.3 is 4.90 Å². The number of hydrogen-bond donors (Lipinski definition) is 0. The van der Waals surface area contributed by atoms with Crippen LogP contribution in [0.1, 0.15) is 22.3 Å². The molecule has 3 rings (SSSR count). The van der Waals surface area contributed by atoms with E-state index in [2.05, 4.69) is 10.1 Å². The van der Waals surface area contributed by atoms with Gasteiger partial charge in [-0.1, -0.05) is 17.7 Å². The Labute approximate surface area is 138 Å². The molecule has 2 aromatic heterocycles. The fraction of sp³-hybridized carbons (Fsp3) is 0.400. The van der Waals surface area contributed by atoms with Crippen molar-refractivity contribution in [1.29, 1.82) is 0 Å². The monoisotopic (exact) mass is 336 g/mol. The summed E-state index contributed by atoms with van der Waals surface area (Å²) in [7, 11) is 1.82. The van der Waals surface area contributed by atoms with E-state index in [-0.39, 0.29) is 11.3 Å². The summed E-state index contributed by atoms with van der Waals surface area (Å²) in [5.41, 5.74) is 2.81. The van der Waals surface area contributed by atoms with Crippen LogP contribution in [0.3, 0.4) is 0 Å². The molecule has 3 heterocycles. The van der Waals surface area contributed by atoms with Crippen LogP contribution >= 0.6 is 23.4 Å². The summed E-state index contributed by atoms with van der Waals surface area (Å²) in [6, 6.07) is 5.83. The summed E-state index contributed by atoms with van der Waals surface area (Å²) >= 11 is 7.97. The van der Waals surface area contributed by atoms with Crippen molar-refractivity contribution >= 4 is 29.3 Å². The second-order valence-electron chi connectivity index (χ2n) is 5.24. The summed E-state index contributed by atoms with van der Waals surface area (Å²) in [6.07, 6.45) is 2.51. The Bertz CT molecular complexity index is 688. The number of hydrogen-bond acceptors (Lipinski definition) is 4. The first-order valence-electron chi connectivity index (χ1n) is 7.08. The Balaban J connectivity index is 1.80. The third-order valence-electron chi connectivity index (χ3n) is 3.75. The number of pyridine rings is 1. The first-order chi connectivity index (χ1) is 10.6. The van der Waals surface area contributed by atoms with Crippen molar-refractivity contribution < 1.29 is 4.79 Å². The molecule has 22 heavy (non-hydrogen) atoms. The molecule has 7 heteroatoms. The van der Waals surface area contributed by atoms with Crippen molar-refractivity contribution in [3.63, 3.8) is 0 Å². The molecule has 1 unspecified atom stereocenters. The lowest BCUT2D eigenvalue weighted by molar-refractivity contribution is -0.128. The maximum absolute atomic E-state index is 12.2. The molecular formula is C15H17ClN4OS. The molecule has 1 amide bonds. The van der Waals surface area contributed by atoms with E-state index in [4.69, 9.17) is 11.6 Å². The van der Waals surface area contributed by atoms with Gasteiger partial charge in [0.25, 0.3) is 0 Å². The molecule has 2 aromatic rings. The minimum Gasteiger partial charge on any atom is -0.325 e. The molecule has 0 spiro atoms. The topological polar surface area (TPSA) is 51.0 Å². The van der Waals surface area contributed by atoms with E-state index in [1.807, 2.05) is 37.1 Å². The van der Waals surface area contributed by atoms with Gasteiger partial charge in [0.15, 0.2) is 0 Å². The van der Waals surface area contributed by atoms with E-state index in [9.17, 15) is 4.79 Å². The lowest BCUT2D eigenvalue weighted by Gasteiger charge is -2.24. The Hall–Kier alpha value is -1.53. The molecule has 1 saturated heterocycles. The molecule has 0 aliphatic carbocycles. The minimum absolute atomic E-state index is 0.0580. The van der Waals surface area contributed by atoms with Crippen LogP contribution < -0.4 is 0 Å². The third kappa shape index (κ3) is 2.85. The van der Waals surface area contributed by atoms with E-state index < -0.39 is 0 Å². The smallest absolute Gasteiger partial charge is 0.233 e. The maximum Gasteiger partial charge on any atom is 0.233 e. The highest BCUT2D eigenvalue weighted by Crippen LogP contribution is 2.42. The Morgan fingerprint density at radius 3 is 2.91 bits per heavy atom. The Morgan fingerprint density at radius 2 is 2.27 bits per heavy atom. The van der Waals surface area contributed by atoms with Gasteiger partial charge in [0.05, 0.1) is 11.4 Å². The van der Waals surface area contributed by atoms with E-state index in [1.54, 1.807) is 22.6 Å². The number of amides is 1. The normalized spacial score (nSPS) is 18.2. The van der Waals surface area contributed by atoms with Gasteiger partial charge in [0, 0.05) is 37.5 Å². The first kappa shape index (κ1) is 15.4. The molecule has 0 bridgehead atoms. The van der Waals surface area contributed by atoms with E-state index >= 15 is 0 Å². The molecule has 0 saturated carbocycles. The van der Waals surface area contributed by atoms with Gasteiger partial charge in [-0.25, -0.2) is 0 Å². The van der Waals surface area contributed by atoms with Crippen molar-refractivity contribution in [3.8, 4) is 0 Å². The van der Waals surface area contributed by atoms with Crippen LogP contribution in [0, 0.1) is 6.92 Å². The number of nitrogens with zero attached hydrogens (tertiary/aromatic N) is 4. The highest BCUT2D eigenvalue weighted by atomic mass is 35.5. The van der Waals surface area contributed by atoms with E-state index in [0.29, 0.717) is 17.5 Å². The quantitative estimate of drug-likeness (QED) is 0.861. The van der Waals surface area contributed by atoms with Crippen LogP contribution in [-0.4, -0.2) is 37.9 Å². The molecule has 1 fully saturated rings. The fourth-order valence-corrected chi connectivity index (χ4v) is 4.30. The van der Waals surface area contributed by atoms with Crippen molar-refractivity contribution in [1.82, 2.24) is 19.7 Å². The fourth-order valence-electron chi connectivity index (χ4n) is 2.64. The molecule has 5 nitrogen and oxygen atoms in total. The Morgan fingerprint density at radius 1 is 1.45 bits per heavy atom. The number of halogens is 1. The summed E-state index contributed by atoms with van der Waals surface area (Å²) < 4.78 is 1.66. The standard InChI is InChI=1S/C15H17ClN4OS/c1-10-13(14(16)19(2)18-10)15-20(12(21)9-22-15)8-6-11-5-3-4-7-17-11/h3-5,7,15H,6,8-9H2,1-2H3. The number of thioether (sulfide) groups is 1. The summed E-state index contributed by atoms with van der Waals surface area (Å²) in [5.74, 6) is 0.627. The molecule has 1 aliphatic rings. The van der Waals surface area contributed by atoms with Crippen molar-refractivity contribution in [3.05, 3.63) is 46.5 Å². The SMILES string of the molecule is Cc1nn(C)c(Cl)c1C1SCC(=O)N1CCc1ccccn1. The average molecular weight is 337 g/mol. The maximum atomic E-state index is 12.2. The average Bonchev–Trinajstić information content (AvgIpc) is 2.98. The number of aromatic nitrogens is 3. The van der Waals surface area contributed by atoms with Gasteiger partial charge in [-0.05, 0) is 19.1 Å². The second kappa shape index (κ2) is 6.30. The minimum atomic E-state index is -0.0580. The van der Waals surface area contributed by atoms with Crippen molar-refractivity contribution in [2.45, 2.75) is 18.7 Å². The molecule has 0 aromatic carbocycles. The predicted octanol–water partition coefficient (Wildman–Crippen LogP) is 2.59. The van der Waals surface area contributed by atoms with Gasteiger partial charge in [-0.15, -0.1) is 11.8 Å². The van der Waals surface area contributed by atoms with E-state index in [1.165, 1.54) is 0 Å². The zero-order valence-electron chi connectivity index (χ0n) is 12.5. The van der Waals surface area contributed by atoms with Crippen LogP contribution in [0.2, 0.25) is 5.15 Å². The highest BCUT2D eigenvalue weighted by molar-refractivity contribution is 8.00. The van der Waals surface area contributed by atoms with Gasteiger partial charge in [0.2, 0.25) is 5.91 Å². The number of carbonyl (C=O) groups is 1. The highest BCUT2D eigenvalue weighted by Gasteiger charge is 2.36. The van der Waals surface area contributed by atoms with Crippen LogP contribution in [-0.2, 0) is 18.3 Å². The van der Waals surface area contributed by atoms with Crippen LogP contribution in [0.25, 0.3) is 0 Å². The number of carbonyl (C=O) groups excluding carboxylic acids is 1. The molecule has 0 radical (unpaired) electrons. The zero-order valence-corrected chi connectivity index (χ0v) is 14.1. The molecule has 1 atom stereocenters.